The monoisotopic (exact) mass is 346 g/mol. The van der Waals surface area contributed by atoms with E-state index < -0.39 is 0 Å². The lowest BCUT2D eigenvalue weighted by atomic mass is 10.1. The van der Waals surface area contributed by atoms with Crippen molar-refractivity contribution in [2.45, 2.75) is 19.8 Å². The Kier molecular flexibility index (Phi) is 6.21. The zero-order valence-corrected chi connectivity index (χ0v) is 14.3. The van der Waals surface area contributed by atoms with Crippen molar-refractivity contribution in [2.75, 3.05) is 17.7 Å². The average molecular weight is 347 g/mol. The van der Waals surface area contributed by atoms with E-state index in [1.54, 1.807) is 42.5 Å². The molecule has 0 saturated carbocycles. The van der Waals surface area contributed by atoms with Crippen LogP contribution in [0.4, 0.5) is 11.4 Å². The van der Waals surface area contributed by atoms with E-state index in [1.807, 2.05) is 6.92 Å². The van der Waals surface area contributed by atoms with Crippen molar-refractivity contribution in [2.24, 2.45) is 0 Å². The first-order chi connectivity index (χ1) is 11.5. The van der Waals surface area contributed by atoms with Crippen LogP contribution in [0.5, 0.6) is 5.75 Å². The SMILES string of the molecule is CCCC(=O)Nc1ccc(NC(=O)c2cc(Cl)ccc2OC)cc1. The van der Waals surface area contributed by atoms with Gasteiger partial charge < -0.3 is 15.4 Å². The van der Waals surface area contributed by atoms with Gasteiger partial charge in [-0.2, -0.15) is 0 Å². The molecule has 126 valence electrons. The molecule has 0 spiro atoms. The zero-order chi connectivity index (χ0) is 17.5. The molecular weight excluding hydrogens is 328 g/mol. The quantitative estimate of drug-likeness (QED) is 0.817. The molecule has 0 unspecified atom stereocenters. The Labute approximate surface area is 146 Å². The van der Waals surface area contributed by atoms with Crippen LogP contribution in [0.15, 0.2) is 42.5 Å². The summed E-state index contributed by atoms with van der Waals surface area (Å²) in [5.41, 5.74) is 1.65. The first-order valence-electron chi connectivity index (χ1n) is 7.58. The molecule has 0 radical (unpaired) electrons. The Morgan fingerprint density at radius 3 is 2.25 bits per heavy atom. The van der Waals surface area contributed by atoms with Gasteiger partial charge in [-0.05, 0) is 48.9 Å². The summed E-state index contributed by atoms with van der Waals surface area (Å²) in [6.45, 7) is 1.95. The maximum atomic E-state index is 12.4. The van der Waals surface area contributed by atoms with Crippen molar-refractivity contribution < 1.29 is 14.3 Å². The van der Waals surface area contributed by atoms with Crippen LogP contribution in [0, 0.1) is 0 Å². The second-order valence-corrected chi connectivity index (χ2v) is 5.61. The molecule has 2 rings (SSSR count). The second kappa shape index (κ2) is 8.36. The Morgan fingerprint density at radius 1 is 1.04 bits per heavy atom. The number of ether oxygens (including phenoxy) is 1. The molecule has 24 heavy (non-hydrogen) atoms. The Hall–Kier alpha value is -2.53. The Morgan fingerprint density at radius 2 is 1.67 bits per heavy atom. The standard InChI is InChI=1S/C18H19ClN2O3/c1-3-4-17(22)20-13-6-8-14(9-7-13)21-18(23)15-11-12(19)5-10-16(15)24-2/h5-11H,3-4H2,1-2H3,(H,20,22)(H,21,23). The van der Waals surface area contributed by atoms with Gasteiger partial charge in [0.25, 0.3) is 5.91 Å². The highest BCUT2D eigenvalue weighted by Gasteiger charge is 2.13. The van der Waals surface area contributed by atoms with E-state index in [0.717, 1.165) is 6.42 Å². The summed E-state index contributed by atoms with van der Waals surface area (Å²) in [6.07, 6.45) is 1.27. The first-order valence-corrected chi connectivity index (χ1v) is 7.96. The third-order valence-electron chi connectivity index (χ3n) is 3.31. The number of carbonyl (C=O) groups excluding carboxylic acids is 2. The van der Waals surface area contributed by atoms with E-state index in [0.29, 0.717) is 34.1 Å². The lowest BCUT2D eigenvalue weighted by Gasteiger charge is -2.10. The fourth-order valence-corrected chi connectivity index (χ4v) is 2.32. The van der Waals surface area contributed by atoms with Gasteiger partial charge in [0.15, 0.2) is 0 Å². The molecule has 0 aliphatic heterocycles. The molecule has 0 aliphatic carbocycles. The topological polar surface area (TPSA) is 67.4 Å². The molecule has 0 heterocycles. The first kappa shape index (κ1) is 17.8. The maximum Gasteiger partial charge on any atom is 0.259 e. The van der Waals surface area contributed by atoms with Crippen molar-refractivity contribution >= 4 is 34.8 Å². The molecule has 0 bridgehead atoms. The van der Waals surface area contributed by atoms with Gasteiger partial charge in [-0.15, -0.1) is 0 Å². The van der Waals surface area contributed by atoms with Crippen LogP contribution < -0.4 is 15.4 Å². The molecule has 2 aromatic carbocycles. The van der Waals surface area contributed by atoms with Crippen molar-refractivity contribution in [3.63, 3.8) is 0 Å². The summed E-state index contributed by atoms with van der Waals surface area (Å²) in [5.74, 6) is 0.0930. The van der Waals surface area contributed by atoms with Crippen LogP contribution >= 0.6 is 11.6 Å². The number of carbonyl (C=O) groups is 2. The number of rotatable bonds is 6. The molecule has 0 aliphatic rings. The van der Waals surface area contributed by atoms with Crippen LogP contribution in [0.3, 0.4) is 0 Å². The van der Waals surface area contributed by atoms with E-state index >= 15 is 0 Å². The summed E-state index contributed by atoms with van der Waals surface area (Å²) in [6, 6.07) is 11.8. The van der Waals surface area contributed by atoms with Crippen LogP contribution in [-0.2, 0) is 4.79 Å². The maximum absolute atomic E-state index is 12.4. The van der Waals surface area contributed by atoms with E-state index in [-0.39, 0.29) is 11.8 Å². The van der Waals surface area contributed by atoms with Crippen molar-refractivity contribution in [1.82, 2.24) is 0 Å². The van der Waals surface area contributed by atoms with E-state index in [9.17, 15) is 9.59 Å². The fourth-order valence-electron chi connectivity index (χ4n) is 2.14. The van der Waals surface area contributed by atoms with Gasteiger partial charge in [-0.1, -0.05) is 18.5 Å². The molecule has 0 atom stereocenters. The summed E-state index contributed by atoms with van der Waals surface area (Å²) >= 11 is 5.94. The highest BCUT2D eigenvalue weighted by Crippen LogP contribution is 2.24. The zero-order valence-electron chi connectivity index (χ0n) is 13.6. The van der Waals surface area contributed by atoms with Crippen LogP contribution in [0.2, 0.25) is 5.02 Å². The van der Waals surface area contributed by atoms with E-state index in [1.165, 1.54) is 7.11 Å². The third-order valence-corrected chi connectivity index (χ3v) is 3.54. The second-order valence-electron chi connectivity index (χ2n) is 5.17. The highest BCUT2D eigenvalue weighted by atomic mass is 35.5. The number of hydrogen-bond acceptors (Lipinski definition) is 3. The van der Waals surface area contributed by atoms with Crippen molar-refractivity contribution in [3.8, 4) is 5.75 Å². The summed E-state index contributed by atoms with van der Waals surface area (Å²) in [7, 11) is 1.49. The molecule has 0 saturated heterocycles. The summed E-state index contributed by atoms with van der Waals surface area (Å²) in [5, 5.41) is 6.02. The lowest BCUT2D eigenvalue weighted by Crippen LogP contribution is -2.13. The number of halogens is 1. The van der Waals surface area contributed by atoms with Gasteiger partial charge in [0.05, 0.1) is 12.7 Å². The van der Waals surface area contributed by atoms with E-state index in [4.69, 9.17) is 16.3 Å². The van der Waals surface area contributed by atoms with Crippen LogP contribution in [0.1, 0.15) is 30.1 Å². The number of methoxy groups -OCH3 is 1. The molecule has 0 aromatic heterocycles. The van der Waals surface area contributed by atoms with Gasteiger partial charge in [-0.25, -0.2) is 0 Å². The van der Waals surface area contributed by atoms with Crippen molar-refractivity contribution in [1.29, 1.82) is 0 Å². The van der Waals surface area contributed by atoms with Crippen LogP contribution in [0.25, 0.3) is 0 Å². The van der Waals surface area contributed by atoms with Gasteiger partial charge in [0.2, 0.25) is 5.91 Å². The largest absolute Gasteiger partial charge is 0.496 e. The summed E-state index contributed by atoms with van der Waals surface area (Å²) < 4.78 is 5.18. The van der Waals surface area contributed by atoms with Gasteiger partial charge in [-0.3, -0.25) is 9.59 Å². The normalized spacial score (nSPS) is 10.1. The Balaban J connectivity index is 2.07. The minimum Gasteiger partial charge on any atom is -0.496 e. The molecular formula is C18H19ClN2O3. The van der Waals surface area contributed by atoms with Crippen molar-refractivity contribution in [3.05, 3.63) is 53.1 Å². The summed E-state index contributed by atoms with van der Waals surface area (Å²) in [4.78, 5) is 23.9. The number of benzene rings is 2. The fraction of sp³-hybridized carbons (Fsp3) is 0.222. The molecule has 2 aromatic rings. The average Bonchev–Trinajstić information content (AvgIpc) is 2.56. The van der Waals surface area contributed by atoms with Crippen LogP contribution in [-0.4, -0.2) is 18.9 Å². The van der Waals surface area contributed by atoms with E-state index in [2.05, 4.69) is 10.6 Å². The minimum absolute atomic E-state index is 0.0297. The predicted molar refractivity (Wildman–Crippen MR) is 95.9 cm³/mol. The molecule has 6 heteroatoms. The Bertz CT molecular complexity index is 730. The highest BCUT2D eigenvalue weighted by molar-refractivity contribution is 6.31. The van der Waals surface area contributed by atoms with Gasteiger partial charge >= 0.3 is 0 Å². The molecule has 5 nitrogen and oxygen atoms in total. The number of hydrogen-bond donors (Lipinski definition) is 2. The number of anilines is 2. The third kappa shape index (κ3) is 4.73. The smallest absolute Gasteiger partial charge is 0.259 e. The lowest BCUT2D eigenvalue weighted by molar-refractivity contribution is -0.116. The number of nitrogens with one attached hydrogen (secondary N) is 2. The minimum atomic E-state index is -0.322. The predicted octanol–water partition coefficient (Wildman–Crippen LogP) is 4.34. The molecule has 0 fully saturated rings. The number of amides is 2. The van der Waals surface area contributed by atoms with Gasteiger partial charge in [0, 0.05) is 22.8 Å². The van der Waals surface area contributed by atoms with Gasteiger partial charge in [0.1, 0.15) is 5.75 Å². The molecule has 2 amide bonds. The molecule has 2 N–H and O–H groups in total.